The molecule has 0 spiro atoms. The molecular weight excluding hydrogens is 460 g/mol. The van der Waals surface area contributed by atoms with Crippen LogP contribution in [0.1, 0.15) is 54.2 Å². The summed E-state index contributed by atoms with van der Waals surface area (Å²) >= 11 is 0. The highest BCUT2D eigenvalue weighted by atomic mass is 32.2. The quantitative estimate of drug-likeness (QED) is 0.546. The van der Waals surface area contributed by atoms with Gasteiger partial charge in [-0.25, -0.2) is 8.42 Å². The molecule has 4 rings (SSSR count). The van der Waals surface area contributed by atoms with E-state index in [0.29, 0.717) is 44.9 Å². The molecule has 6 nitrogen and oxygen atoms in total. The predicted octanol–water partition coefficient (Wildman–Crippen LogP) is 3.78. The van der Waals surface area contributed by atoms with Crippen molar-refractivity contribution in [3.63, 3.8) is 0 Å². The van der Waals surface area contributed by atoms with Gasteiger partial charge in [-0.05, 0) is 36.3 Å². The third-order valence-corrected chi connectivity index (χ3v) is 8.76. The van der Waals surface area contributed by atoms with Crippen molar-refractivity contribution >= 4 is 21.5 Å². The first-order valence-electron chi connectivity index (χ1n) is 12.6. The van der Waals surface area contributed by atoms with E-state index in [1.54, 1.807) is 0 Å². The van der Waals surface area contributed by atoms with Crippen molar-refractivity contribution < 1.29 is 18.0 Å². The molecule has 0 radical (unpaired) electrons. The molecule has 1 amide bonds. The molecule has 2 fully saturated rings. The van der Waals surface area contributed by atoms with Crippen LogP contribution in [0.2, 0.25) is 0 Å². The van der Waals surface area contributed by atoms with E-state index >= 15 is 0 Å². The highest BCUT2D eigenvalue weighted by Gasteiger charge is 2.37. The number of likely N-dealkylation sites (tertiary alicyclic amines) is 1. The summed E-state index contributed by atoms with van der Waals surface area (Å²) in [6.07, 6.45) is 2.29. The zero-order valence-electron chi connectivity index (χ0n) is 20.7. The zero-order valence-corrected chi connectivity index (χ0v) is 21.5. The van der Waals surface area contributed by atoms with Gasteiger partial charge < -0.3 is 4.90 Å². The van der Waals surface area contributed by atoms with Crippen LogP contribution in [0.3, 0.4) is 0 Å². The molecule has 2 aliphatic heterocycles. The van der Waals surface area contributed by atoms with E-state index in [0.717, 1.165) is 17.5 Å². The molecule has 188 valence electrons. The first-order valence-corrected chi connectivity index (χ1v) is 14.5. The van der Waals surface area contributed by atoms with Gasteiger partial charge in [-0.1, -0.05) is 68.4 Å². The van der Waals surface area contributed by atoms with E-state index in [9.17, 15) is 18.0 Å². The first kappa shape index (κ1) is 25.6. The number of carbonyl (C=O) groups is 2. The Hall–Kier alpha value is -2.51. The number of ketones is 1. The second-order valence-corrected chi connectivity index (χ2v) is 12.6. The number of hydrogen-bond acceptors (Lipinski definition) is 5. The lowest BCUT2D eigenvalue weighted by Crippen LogP contribution is -2.50. The van der Waals surface area contributed by atoms with Gasteiger partial charge in [-0.15, -0.1) is 0 Å². The normalized spacial score (nSPS) is 20.0. The molecule has 35 heavy (non-hydrogen) atoms. The average Bonchev–Trinajstić information content (AvgIpc) is 2.85. The monoisotopic (exact) mass is 496 g/mol. The van der Waals surface area contributed by atoms with Gasteiger partial charge in [0.05, 0.1) is 11.5 Å². The lowest BCUT2D eigenvalue weighted by Gasteiger charge is -2.39. The third-order valence-electron chi connectivity index (χ3n) is 7.15. The van der Waals surface area contributed by atoms with E-state index in [1.807, 2.05) is 52.3 Å². The Labute approximate surface area is 209 Å². The largest absolute Gasteiger partial charge is 0.341 e. The van der Waals surface area contributed by atoms with Crippen LogP contribution in [0.5, 0.6) is 0 Å². The summed E-state index contributed by atoms with van der Waals surface area (Å²) in [6, 6.07) is 17.1. The number of rotatable bonds is 7. The van der Waals surface area contributed by atoms with Gasteiger partial charge in [0.2, 0.25) is 5.91 Å². The number of benzene rings is 2. The minimum atomic E-state index is -3.04. The standard InChI is InChI=1S/C28H36N2O4S/c1-21(2)20-22-8-10-24(11-9-22)27(31)25-12-14-30(15-13-25)28(32)26(23-6-4-3-5-7-23)29-16-18-35(33,34)19-17-29/h3-11,21,25-26H,12-20H2,1-2H3. The maximum absolute atomic E-state index is 13.7. The van der Waals surface area contributed by atoms with E-state index in [1.165, 1.54) is 5.56 Å². The van der Waals surface area contributed by atoms with Gasteiger partial charge in [0.25, 0.3) is 0 Å². The molecule has 0 bridgehead atoms. The fourth-order valence-corrected chi connectivity index (χ4v) is 6.41. The summed E-state index contributed by atoms with van der Waals surface area (Å²) < 4.78 is 23.9. The topological polar surface area (TPSA) is 74.8 Å². The van der Waals surface area contributed by atoms with E-state index in [-0.39, 0.29) is 29.1 Å². The van der Waals surface area contributed by atoms with Crippen molar-refractivity contribution in [1.82, 2.24) is 9.80 Å². The molecule has 2 aromatic rings. The molecule has 0 aliphatic carbocycles. The maximum Gasteiger partial charge on any atom is 0.244 e. The number of amides is 1. The summed E-state index contributed by atoms with van der Waals surface area (Å²) in [5, 5.41) is 0. The van der Waals surface area contributed by atoms with Crippen LogP contribution in [-0.4, -0.2) is 67.6 Å². The Bertz CT molecular complexity index is 1110. The highest BCUT2D eigenvalue weighted by molar-refractivity contribution is 7.91. The SMILES string of the molecule is CC(C)Cc1ccc(C(=O)C2CCN(C(=O)C(c3ccccc3)N3CCS(=O)(=O)CC3)CC2)cc1. The Kier molecular flexibility index (Phi) is 8.07. The van der Waals surface area contributed by atoms with Gasteiger partial charge in [0.1, 0.15) is 6.04 Å². The number of nitrogens with zero attached hydrogens (tertiary/aromatic N) is 2. The highest BCUT2D eigenvalue weighted by Crippen LogP contribution is 2.29. The summed E-state index contributed by atoms with van der Waals surface area (Å²) in [6.45, 7) is 6.16. The summed E-state index contributed by atoms with van der Waals surface area (Å²) in [5.41, 5.74) is 2.88. The predicted molar refractivity (Wildman–Crippen MR) is 138 cm³/mol. The lowest BCUT2D eigenvalue weighted by atomic mass is 9.88. The van der Waals surface area contributed by atoms with Crippen molar-refractivity contribution in [3.05, 3.63) is 71.3 Å². The second-order valence-electron chi connectivity index (χ2n) is 10.3. The second kappa shape index (κ2) is 11.0. The third kappa shape index (κ3) is 6.39. The van der Waals surface area contributed by atoms with Crippen molar-refractivity contribution in [2.75, 3.05) is 37.7 Å². The van der Waals surface area contributed by atoms with E-state index in [4.69, 9.17) is 0 Å². The molecule has 7 heteroatoms. The Balaban J connectivity index is 1.41. The Morgan fingerprint density at radius 1 is 0.886 bits per heavy atom. The minimum Gasteiger partial charge on any atom is -0.341 e. The molecule has 2 aliphatic rings. The summed E-state index contributed by atoms with van der Waals surface area (Å²) in [4.78, 5) is 30.6. The number of Topliss-reactive ketones (excluding diaryl/α,β-unsaturated/α-hetero) is 1. The van der Waals surface area contributed by atoms with Crippen molar-refractivity contribution in [3.8, 4) is 0 Å². The van der Waals surface area contributed by atoms with Crippen molar-refractivity contribution in [2.24, 2.45) is 11.8 Å². The molecule has 0 N–H and O–H groups in total. The molecule has 2 saturated heterocycles. The van der Waals surface area contributed by atoms with Crippen molar-refractivity contribution in [2.45, 2.75) is 39.2 Å². The number of sulfone groups is 1. The Morgan fingerprint density at radius 2 is 1.49 bits per heavy atom. The molecule has 1 unspecified atom stereocenters. The fourth-order valence-electron chi connectivity index (χ4n) is 5.18. The van der Waals surface area contributed by atoms with Crippen LogP contribution >= 0.6 is 0 Å². The van der Waals surface area contributed by atoms with Gasteiger partial charge in [0, 0.05) is 37.7 Å². The number of piperidine rings is 1. The summed E-state index contributed by atoms with van der Waals surface area (Å²) in [5.74, 6) is 0.818. The molecule has 1 atom stereocenters. The molecule has 0 saturated carbocycles. The van der Waals surface area contributed by atoms with Crippen LogP contribution < -0.4 is 0 Å². The maximum atomic E-state index is 13.7. The smallest absolute Gasteiger partial charge is 0.244 e. The van der Waals surface area contributed by atoms with Crippen LogP contribution in [0.4, 0.5) is 0 Å². The zero-order chi connectivity index (χ0) is 25.0. The van der Waals surface area contributed by atoms with Gasteiger partial charge in [0.15, 0.2) is 15.6 Å². The molecule has 2 heterocycles. The van der Waals surface area contributed by atoms with Crippen LogP contribution in [0.15, 0.2) is 54.6 Å². The molecule has 2 aromatic carbocycles. The minimum absolute atomic E-state index is 0.000523. The van der Waals surface area contributed by atoms with E-state index in [2.05, 4.69) is 26.0 Å². The Morgan fingerprint density at radius 3 is 2.06 bits per heavy atom. The van der Waals surface area contributed by atoms with Crippen LogP contribution in [-0.2, 0) is 21.1 Å². The van der Waals surface area contributed by atoms with Crippen LogP contribution in [0, 0.1) is 11.8 Å². The van der Waals surface area contributed by atoms with Gasteiger partial charge in [-0.2, -0.15) is 0 Å². The molecule has 0 aromatic heterocycles. The number of hydrogen-bond donors (Lipinski definition) is 0. The lowest BCUT2D eigenvalue weighted by molar-refractivity contribution is -0.138. The van der Waals surface area contributed by atoms with Gasteiger partial charge in [-0.3, -0.25) is 14.5 Å². The van der Waals surface area contributed by atoms with Crippen molar-refractivity contribution in [1.29, 1.82) is 0 Å². The average molecular weight is 497 g/mol. The number of carbonyl (C=O) groups excluding carboxylic acids is 2. The first-order chi connectivity index (χ1) is 16.7. The molecular formula is C28H36N2O4S. The van der Waals surface area contributed by atoms with E-state index < -0.39 is 15.9 Å². The van der Waals surface area contributed by atoms with Gasteiger partial charge >= 0.3 is 0 Å². The fraction of sp³-hybridized carbons (Fsp3) is 0.500. The summed E-state index contributed by atoms with van der Waals surface area (Å²) in [7, 11) is -3.04. The van der Waals surface area contributed by atoms with Crippen LogP contribution in [0.25, 0.3) is 0 Å².